The number of unbranched alkanes of at least 4 members (excludes halogenated alkanes) is 55. The Bertz CT molecular complexity index is 1300. The minimum Gasteiger partial charge on any atom is -0.394 e. The first kappa shape index (κ1) is 80.5. The van der Waals surface area contributed by atoms with Gasteiger partial charge < -0.3 is 25.7 Å². The zero-order valence-electron chi connectivity index (χ0n) is 55.5. The van der Waals surface area contributed by atoms with Crippen LogP contribution in [0.4, 0.5) is 0 Å². The van der Waals surface area contributed by atoms with E-state index in [1.807, 2.05) is 0 Å². The van der Waals surface area contributed by atoms with E-state index in [0.717, 1.165) is 38.5 Å². The molecule has 0 fully saturated rings. The van der Waals surface area contributed by atoms with Crippen molar-refractivity contribution in [2.75, 3.05) is 6.61 Å². The fraction of sp³-hybridized carbons (Fsp3) is 0.908. The number of hydrogen-bond acceptors (Lipinski definition) is 5. The van der Waals surface area contributed by atoms with Crippen molar-refractivity contribution < 1.29 is 25.2 Å². The zero-order valence-corrected chi connectivity index (χ0v) is 55.5. The molecule has 5 N–H and O–H groups in total. The van der Waals surface area contributed by atoms with Crippen molar-refractivity contribution in [2.45, 2.75) is 436 Å². The highest BCUT2D eigenvalue weighted by Gasteiger charge is 2.28. The number of carbonyl (C=O) groups excluding carboxylic acids is 1. The van der Waals surface area contributed by atoms with Gasteiger partial charge in [0.15, 0.2) is 0 Å². The maximum atomic E-state index is 12.7. The van der Waals surface area contributed by atoms with E-state index in [9.17, 15) is 25.2 Å². The van der Waals surface area contributed by atoms with E-state index in [0.29, 0.717) is 19.3 Å². The molecule has 0 aliphatic carbocycles. The molecular formula is C76H147NO5. The number of aliphatic hydroxyl groups excluding tert-OH is 4. The average Bonchev–Trinajstić information content (AvgIpc) is 3.48. The lowest BCUT2D eigenvalue weighted by molar-refractivity contribution is -0.132. The maximum Gasteiger partial charge on any atom is 0.249 e. The predicted molar refractivity (Wildman–Crippen MR) is 362 cm³/mol. The van der Waals surface area contributed by atoms with Crippen molar-refractivity contribution in [3.8, 4) is 0 Å². The van der Waals surface area contributed by atoms with Gasteiger partial charge in [0.1, 0.15) is 12.2 Å². The molecule has 4 atom stereocenters. The van der Waals surface area contributed by atoms with E-state index >= 15 is 0 Å². The summed E-state index contributed by atoms with van der Waals surface area (Å²) in [5.41, 5.74) is 0. The molecule has 0 saturated heterocycles. The summed E-state index contributed by atoms with van der Waals surface area (Å²) in [6, 6.07) is -1.01. The van der Waals surface area contributed by atoms with E-state index in [1.165, 1.54) is 340 Å². The molecule has 82 heavy (non-hydrogen) atoms. The Balaban J connectivity index is 3.55. The number of carbonyl (C=O) groups is 1. The SMILES string of the molecule is CCCCCCCCCCCCCCCCCCCC/C=C\CCCCCCCCCCCCCCCCCCC(O)C(=O)NC(CO)C(O)C(O)CCC/C=C/CC/C=C/CCCCCCCCCCCCCCCCCCCCC. The van der Waals surface area contributed by atoms with Crippen LogP contribution in [0.5, 0.6) is 0 Å². The molecule has 0 spiro atoms. The molecule has 4 unspecified atom stereocenters. The third kappa shape index (κ3) is 63.0. The molecular weight excluding hydrogens is 1010 g/mol. The van der Waals surface area contributed by atoms with Gasteiger partial charge >= 0.3 is 0 Å². The summed E-state index contributed by atoms with van der Waals surface area (Å²) in [7, 11) is 0. The quantitative estimate of drug-likeness (QED) is 0.0308. The Kier molecular flexibility index (Phi) is 69.0. The van der Waals surface area contributed by atoms with Gasteiger partial charge in [0.05, 0.1) is 18.8 Å². The Labute approximate surface area is 513 Å². The molecule has 0 aromatic carbocycles. The number of allylic oxidation sites excluding steroid dienone is 6. The van der Waals surface area contributed by atoms with Crippen molar-refractivity contribution in [1.29, 1.82) is 0 Å². The second-order valence-corrected chi connectivity index (χ2v) is 26.0. The molecule has 6 nitrogen and oxygen atoms in total. The summed E-state index contributed by atoms with van der Waals surface area (Å²) in [5, 5.41) is 44.2. The summed E-state index contributed by atoms with van der Waals surface area (Å²) in [6.07, 6.45) is 91.6. The topological polar surface area (TPSA) is 110 Å². The number of nitrogens with one attached hydrogen (secondary N) is 1. The summed E-state index contributed by atoms with van der Waals surface area (Å²) in [5.74, 6) is -0.591. The highest BCUT2D eigenvalue weighted by Crippen LogP contribution is 2.20. The van der Waals surface area contributed by atoms with Crippen LogP contribution in [0, 0.1) is 0 Å². The molecule has 0 aliphatic rings. The third-order valence-electron chi connectivity index (χ3n) is 17.8. The fourth-order valence-corrected chi connectivity index (χ4v) is 12.0. The molecule has 0 aromatic heterocycles. The minimum atomic E-state index is -1.29. The Morgan fingerprint density at radius 3 is 0.768 bits per heavy atom. The van der Waals surface area contributed by atoms with Crippen LogP contribution in [0.3, 0.4) is 0 Å². The lowest BCUT2D eigenvalue weighted by Gasteiger charge is -2.27. The zero-order chi connectivity index (χ0) is 59.4. The fourth-order valence-electron chi connectivity index (χ4n) is 12.0. The monoisotopic (exact) mass is 1150 g/mol. The molecule has 0 bridgehead atoms. The summed E-state index contributed by atoms with van der Waals surface area (Å²) in [4.78, 5) is 12.7. The number of amides is 1. The van der Waals surface area contributed by atoms with Gasteiger partial charge in [0.25, 0.3) is 0 Å². The van der Waals surface area contributed by atoms with Gasteiger partial charge in [-0.15, -0.1) is 0 Å². The van der Waals surface area contributed by atoms with Crippen molar-refractivity contribution in [3.63, 3.8) is 0 Å². The van der Waals surface area contributed by atoms with Crippen molar-refractivity contribution in [2.24, 2.45) is 0 Å². The van der Waals surface area contributed by atoms with Gasteiger partial charge in [-0.25, -0.2) is 0 Å². The number of aliphatic hydroxyl groups is 4. The molecule has 1 amide bonds. The van der Waals surface area contributed by atoms with E-state index in [2.05, 4.69) is 55.6 Å². The second-order valence-electron chi connectivity index (χ2n) is 26.0. The largest absolute Gasteiger partial charge is 0.394 e. The maximum absolute atomic E-state index is 12.7. The van der Waals surface area contributed by atoms with Gasteiger partial charge in [-0.1, -0.05) is 371 Å². The van der Waals surface area contributed by atoms with Crippen LogP contribution in [0.1, 0.15) is 412 Å². The van der Waals surface area contributed by atoms with E-state index < -0.39 is 36.9 Å². The number of hydrogen-bond donors (Lipinski definition) is 5. The molecule has 0 aliphatic heterocycles. The van der Waals surface area contributed by atoms with Gasteiger partial charge in [0.2, 0.25) is 5.91 Å². The third-order valence-corrected chi connectivity index (χ3v) is 17.8. The molecule has 6 heteroatoms. The van der Waals surface area contributed by atoms with Crippen molar-refractivity contribution in [3.05, 3.63) is 36.5 Å². The van der Waals surface area contributed by atoms with Crippen LogP contribution < -0.4 is 5.32 Å². The van der Waals surface area contributed by atoms with Crippen LogP contribution in [-0.4, -0.2) is 57.3 Å². The Morgan fingerprint density at radius 2 is 0.512 bits per heavy atom. The van der Waals surface area contributed by atoms with Gasteiger partial charge in [-0.3, -0.25) is 4.79 Å². The normalized spacial score (nSPS) is 13.6. The molecule has 0 heterocycles. The summed E-state index contributed by atoms with van der Waals surface area (Å²) in [6.45, 7) is 4.10. The van der Waals surface area contributed by atoms with E-state index in [-0.39, 0.29) is 0 Å². The first-order valence-electron chi connectivity index (χ1n) is 37.4. The first-order chi connectivity index (χ1) is 40.5. The average molecular weight is 1160 g/mol. The molecule has 0 aromatic rings. The van der Waals surface area contributed by atoms with Crippen molar-refractivity contribution in [1.82, 2.24) is 5.32 Å². The second kappa shape index (κ2) is 70.3. The van der Waals surface area contributed by atoms with Gasteiger partial charge in [-0.2, -0.15) is 0 Å². The predicted octanol–water partition coefficient (Wildman–Crippen LogP) is 23.4. The summed E-state index contributed by atoms with van der Waals surface area (Å²) >= 11 is 0. The minimum absolute atomic E-state index is 0.363. The summed E-state index contributed by atoms with van der Waals surface area (Å²) < 4.78 is 0. The van der Waals surface area contributed by atoms with Crippen LogP contribution in [0.15, 0.2) is 36.5 Å². The van der Waals surface area contributed by atoms with E-state index in [4.69, 9.17) is 0 Å². The molecule has 486 valence electrons. The Hall–Kier alpha value is -1.47. The Morgan fingerprint density at radius 1 is 0.293 bits per heavy atom. The van der Waals surface area contributed by atoms with Crippen LogP contribution >= 0.6 is 0 Å². The molecule has 0 rings (SSSR count). The lowest BCUT2D eigenvalue weighted by atomic mass is 10.00. The number of rotatable bonds is 70. The smallest absolute Gasteiger partial charge is 0.249 e. The van der Waals surface area contributed by atoms with Crippen molar-refractivity contribution >= 4 is 5.91 Å². The molecule has 0 radical (unpaired) electrons. The molecule has 0 saturated carbocycles. The standard InChI is InChI=1S/C76H147NO5/c1-3-5-7-9-11-13-15-17-19-21-23-25-27-29-31-33-34-35-36-37-38-39-40-41-42-44-46-48-50-52-54-56-58-60-62-64-66-68-70-74(80)76(82)77-72(71-78)75(81)73(79)69-67-65-63-61-59-57-55-53-51-49-47-45-43-32-30-28-26-24-22-20-18-16-14-12-10-8-6-4-2/h37-38,53,55,61,63,72-75,78-81H,3-36,39-52,54,56-60,62,64-71H2,1-2H3,(H,77,82)/b38-37-,55-53+,63-61+. The van der Waals surface area contributed by atoms with Gasteiger partial charge in [-0.05, 0) is 77.0 Å². The van der Waals surface area contributed by atoms with Crippen LogP contribution in [0.2, 0.25) is 0 Å². The highest BCUT2D eigenvalue weighted by molar-refractivity contribution is 5.80. The van der Waals surface area contributed by atoms with Crippen LogP contribution in [0.25, 0.3) is 0 Å². The first-order valence-corrected chi connectivity index (χ1v) is 37.4. The van der Waals surface area contributed by atoms with E-state index in [1.54, 1.807) is 0 Å². The lowest BCUT2D eigenvalue weighted by Crippen LogP contribution is -2.53. The highest BCUT2D eigenvalue weighted by atomic mass is 16.3. The van der Waals surface area contributed by atoms with Crippen LogP contribution in [-0.2, 0) is 4.79 Å². The van der Waals surface area contributed by atoms with Gasteiger partial charge in [0, 0.05) is 0 Å².